The summed E-state index contributed by atoms with van der Waals surface area (Å²) >= 11 is 0. The summed E-state index contributed by atoms with van der Waals surface area (Å²) in [6, 6.07) is 7.29. The van der Waals surface area contributed by atoms with E-state index in [-0.39, 0.29) is 5.69 Å². The fourth-order valence-corrected chi connectivity index (χ4v) is 1.52. The third kappa shape index (κ3) is 2.79. The first-order valence-electron chi connectivity index (χ1n) is 5.41. The van der Waals surface area contributed by atoms with Gasteiger partial charge in [-0.15, -0.1) is 0 Å². The molecular formula is C12H12N4O2. The Morgan fingerprint density at radius 1 is 1.39 bits per heavy atom. The Hall–Kier alpha value is -2.50. The van der Waals surface area contributed by atoms with Gasteiger partial charge in [0.1, 0.15) is 12.0 Å². The molecular weight excluding hydrogens is 232 g/mol. The van der Waals surface area contributed by atoms with Crippen LogP contribution in [0, 0.1) is 17.0 Å². The van der Waals surface area contributed by atoms with Crippen molar-refractivity contribution in [2.24, 2.45) is 0 Å². The Morgan fingerprint density at radius 3 is 2.83 bits per heavy atom. The molecule has 0 spiro atoms. The van der Waals surface area contributed by atoms with Gasteiger partial charge in [0.2, 0.25) is 0 Å². The molecule has 0 atom stereocenters. The fourth-order valence-electron chi connectivity index (χ4n) is 1.52. The molecule has 6 heteroatoms. The molecule has 6 nitrogen and oxygen atoms in total. The number of anilines is 1. The fraction of sp³-hybridized carbons (Fsp3) is 0.167. The van der Waals surface area contributed by atoms with E-state index in [1.54, 1.807) is 19.2 Å². The highest BCUT2D eigenvalue weighted by atomic mass is 16.6. The number of hydrogen-bond donors (Lipinski definition) is 1. The highest BCUT2D eigenvalue weighted by Crippen LogP contribution is 2.18. The van der Waals surface area contributed by atoms with Gasteiger partial charge in [-0.3, -0.25) is 15.1 Å². The van der Waals surface area contributed by atoms with Gasteiger partial charge in [-0.1, -0.05) is 6.07 Å². The van der Waals surface area contributed by atoms with Crippen LogP contribution < -0.4 is 5.32 Å². The Labute approximate surface area is 104 Å². The van der Waals surface area contributed by atoms with E-state index in [1.807, 2.05) is 18.2 Å². The Kier molecular flexibility index (Phi) is 3.47. The van der Waals surface area contributed by atoms with Crippen molar-refractivity contribution in [1.29, 1.82) is 0 Å². The normalized spacial score (nSPS) is 10.1. The number of rotatable bonds is 4. The maximum atomic E-state index is 10.6. The van der Waals surface area contributed by atoms with Crippen molar-refractivity contribution in [2.75, 3.05) is 5.32 Å². The Bertz CT molecular complexity index is 557. The Balaban J connectivity index is 2.07. The van der Waals surface area contributed by atoms with E-state index in [2.05, 4.69) is 15.3 Å². The second-order valence-corrected chi connectivity index (χ2v) is 3.79. The number of pyridine rings is 2. The van der Waals surface area contributed by atoms with Crippen LogP contribution in [0.15, 0.2) is 36.7 Å². The van der Waals surface area contributed by atoms with Crippen molar-refractivity contribution >= 4 is 11.5 Å². The summed E-state index contributed by atoms with van der Waals surface area (Å²) in [6.07, 6.45) is 2.97. The minimum Gasteiger partial charge on any atom is -0.364 e. The van der Waals surface area contributed by atoms with Crippen LogP contribution in [0.3, 0.4) is 0 Å². The number of nitrogens with zero attached hydrogens (tertiary/aromatic N) is 3. The van der Waals surface area contributed by atoms with Gasteiger partial charge in [0.25, 0.3) is 5.69 Å². The van der Waals surface area contributed by atoms with Gasteiger partial charge >= 0.3 is 0 Å². The summed E-state index contributed by atoms with van der Waals surface area (Å²) in [5, 5.41) is 13.7. The summed E-state index contributed by atoms with van der Waals surface area (Å²) in [5.41, 5.74) is 1.49. The summed E-state index contributed by atoms with van der Waals surface area (Å²) in [6.45, 7) is 2.22. The van der Waals surface area contributed by atoms with Crippen molar-refractivity contribution in [3.8, 4) is 0 Å². The summed E-state index contributed by atoms with van der Waals surface area (Å²) in [7, 11) is 0. The van der Waals surface area contributed by atoms with Crippen molar-refractivity contribution in [3.63, 3.8) is 0 Å². The molecule has 0 aromatic carbocycles. The van der Waals surface area contributed by atoms with Crippen LogP contribution in [0.5, 0.6) is 0 Å². The first kappa shape index (κ1) is 12.0. The monoisotopic (exact) mass is 244 g/mol. The highest BCUT2D eigenvalue weighted by molar-refractivity contribution is 5.46. The first-order chi connectivity index (χ1) is 8.66. The maximum absolute atomic E-state index is 10.6. The van der Waals surface area contributed by atoms with E-state index < -0.39 is 4.92 Å². The van der Waals surface area contributed by atoms with Crippen LogP contribution in [0.4, 0.5) is 11.5 Å². The van der Waals surface area contributed by atoms with E-state index in [4.69, 9.17) is 0 Å². The van der Waals surface area contributed by atoms with Gasteiger partial charge < -0.3 is 5.32 Å². The number of aryl methyl sites for hydroxylation is 1. The van der Waals surface area contributed by atoms with Gasteiger partial charge in [0, 0.05) is 11.8 Å². The van der Waals surface area contributed by atoms with Crippen molar-refractivity contribution in [1.82, 2.24) is 9.97 Å². The lowest BCUT2D eigenvalue weighted by molar-refractivity contribution is -0.385. The molecule has 0 unspecified atom stereocenters. The molecule has 0 saturated carbocycles. The molecule has 2 heterocycles. The number of aromatic nitrogens is 2. The molecule has 0 bridgehead atoms. The summed E-state index contributed by atoms with van der Waals surface area (Å²) < 4.78 is 0. The molecule has 0 radical (unpaired) electrons. The molecule has 18 heavy (non-hydrogen) atoms. The topological polar surface area (TPSA) is 81.0 Å². The minimum absolute atomic E-state index is 0.0263. The lowest BCUT2D eigenvalue weighted by atomic mass is 10.2. The summed E-state index contributed by atoms with van der Waals surface area (Å²) in [5.74, 6) is 0.601. The van der Waals surface area contributed by atoms with Crippen molar-refractivity contribution in [3.05, 3.63) is 58.0 Å². The predicted molar refractivity (Wildman–Crippen MR) is 67.2 cm³/mol. The standard InChI is InChI=1S/C12H12N4O2/c1-9-6-12(15-8-11(9)16(17)18)14-7-10-4-2-3-5-13-10/h2-6,8H,7H2,1H3,(H,14,15). The van der Waals surface area contributed by atoms with Gasteiger partial charge in [-0.05, 0) is 25.1 Å². The second kappa shape index (κ2) is 5.22. The molecule has 0 aliphatic carbocycles. The van der Waals surface area contributed by atoms with Crippen LogP contribution in [0.25, 0.3) is 0 Å². The lowest BCUT2D eigenvalue weighted by Crippen LogP contribution is -2.04. The van der Waals surface area contributed by atoms with E-state index in [0.29, 0.717) is 17.9 Å². The zero-order chi connectivity index (χ0) is 13.0. The zero-order valence-corrected chi connectivity index (χ0v) is 9.83. The lowest BCUT2D eigenvalue weighted by Gasteiger charge is -2.05. The number of hydrogen-bond acceptors (Lipinski definition) is 5. The molecule has 0 amide bonds. The molecule has 1 N–H and O–H groups in total. The molecule has 0 aliphatic rings. The second-order valence-electron chi connectivity index (χ2n) is 3.79. The number of nitro groups is 1. The van der Waals surface area contributed by atoms with E-state index in [9.17, 15) is 10.1 Å². The third-order valence-electron chi connectivity index (χ3n) is 2.46. The quantitative estimate of drug-likeness (QED) is 0.659. The maximum Gasteiger partial charge on any atom is 0.290 e. The smallest absolute Gasteiger partial charge is 0.290 e. The SMILES string of the molecule is Cc1cc(NCc2ccccn2)ncc1[N+](=O)[O-]. The molecule has 2 aromatic heterocycles. The zero-order valence-electron chi connectivity index (χ0n) is 9.83. The first-order valence-corrected chi connectivity index (χ1v) is 5.41. The molecule has 2 rings (SSSR count). The average Bonchev–Trinajstić information content (AvgIpc) is 2.37. The van der Waals surface area contributed by atoms with Crippen molar-refractivity contribution < 1.29 is 4.92 Å². The molecule has 92 valence electrons. The Morgan fingerprint density at radius 2 is 2.22 bits per heavy atom. The molecule has 0 saturated heterocycles. The molecule has 0 aliphatic heterocycles. The van der Waals surface area contributed by atoms with Gasteiger partial charge in [-0.25, -0.2) is 4.98 Å². The predicted octanol–water partition coefficient (Wildman–Crippen LogP) is 2.31. The third-order valence-corrected chi connectivity index (χ3v) is 2.46. The van der Waals surface area contributed by atoms with Crippen LogP contribution in [0.2, 0.25) is 0 Å². The van der Waals surface area contributed by atoms with Gasteiger partial charge in [0.15, 0.2) is 0 Å². The largest absolute Gasteiger partial charge is 0.364 e. The number of nitrogens with one attached hydrogen (secondary N) is 1. The van der Waals surface area contributed by atoms with Gasteiger partial charge in [0.05, 0.1) is 17.2 Å². The van der Waals surface area contributed by atoms with Gasteiger partial charge in [-0.2, -0.15) is 0 Å². The van der Waals surface area contributed by atoms with E-state index in [1.165, 1.54) is 6.20 Å². The molecule has 0 fully saturated rings. The average molecular weight is 244 g/mol. The van der Waals surface area contributed by atoms with Crippen LogP contribution >= 0.6 is 0 Å². The van der Waals surface area contributed by atoms with E-state index in [0.717, 1.165) is 5.69 Å². The highest BCUT2D eigenvalue weighted by Gasteiger charge is 2.11. The van der Waals surface area contributed by atoms with Crippen LogP contribution in [-0.4, -0.2) is 14.9 Å². The van der Waals surface area contributed by atoms with E-state index >= 15 is 0 Å². The summed E-state index contributed by atoms with van der Waals surface area (Å²) in [4.78, 5) is 18.4. The van der Waals surface area contributed by atoms with Crippen LogP contribution in [-0.2, 0) is 6.54 Å². The van der Waals surface area contributed by atoms with Crippen LogP contribution in [0.1, 0.15) is 11.3 Å². The van der Waals surface area contributed by atoms with Crippen molar-refractivity contribution in [2.45, 2.75) is 13.5 Å². The minimum atomic E-state index is -0.440. The molecule has 2 aromatic rings.